The Hall–Kier alpha value is -2.67. The van der Waals surface area contributed by atoms with Crippen molar-refractivity contribution in [3.8, 4) is 5.75 Å². The number of aryl methyl sites for hydroxylation is 2. The van der Waals surface area contributed by atoms with Crippen molar-refractivity contribution in [3.05, 3.63) is 41.7 Å². The molecule has 0 radical (unpaired) electrons. The summed E-state index contributed by atoms with van der Waals surface area (Å²) in [5, 5.41) is 2.77. The molecule has 0 aliphatic carbocycles. The fourth-order valence-electron chi connectivity index (χ4n) is 2.76. The highest BCUT2D eigenvalue weighted by molar-refractivity contribution is 5.91. The van der Waals surface area contributed by atoms with Crippen molar-refractivity contribution in [2.75, 3.05) is 50.1 Å². The summed E-state index contributed by atoms with van der Waals surface area (Å²) in [4.78, 5) is 25.1. The lowest BCUT2D eigenvalue weighted by atomic mass is 10.1. The van der Waals surface area contributed by atoms with Gasteiger partial charge in [0.1, 0.15) is 23.7 Å². The average Bonchev–Trinajstić information content (AvgIpc) is 2.63. The number of benzene rings is 1. The Morgan fingerprint density at radius 3 is 2.62 bits per heavy atom. The van der Waals surface area contributed by atoms with Crippen molar-refractivity contribution in [1.82, 2.24) is 14.9 Å². The summed E-state index contributed by atoms with van der Waals surface area (Å²) in [6, 6.07) is 7.58. The molecule has 1 aliphatic rings. The minimum absolute atomic E-state index is 0.0592. The molecule has 1 fully saturated rings. The van der Waals surface area contributed by atoms with Crippen LogP contribution in [0.3, 0.4) is 0 Å². The molecule has 0 unspecified atom stereocenters. The number of hydrogen-bond acceptors (Lipinski definition) is 6. The van der Waals surface area contributed by atoms with Crippen LogP contribution in [0.4, 0.5) is 11.6 Å². The molecule has 1 amide bonds. The number of ether oxygens (including phenoxy) is 1. The van der Waals surface area contributed by atoms with Crippen molar-refractivity contribution in [1.29, 1.82) is 0 Å². The van der Waals surface area contributed by atoms with Gasteiger partial charge in [0.15, 0.2) is 6.61 Å². The molecule has 2 heterocycles. The Kier molecular flexibility index (Phi) is 5.68. The SMILES string of the molecule is Cc1ccc(OCC(=O)Nc2cc(N3CCN(C)CC3)ncn2)cc1C. The van der Waals surface area contributed by atoms with Gasteiger partial charge in [-0.3, -0.25) is 4.79 Å². The third-order valence-corrected chi connectivity index (χ3v) is 4.60. The molecule has 1 saturated heterocycles. The van der Waals surface area contributed by atoms with E-state index in [2.05, 4.69) is 32.1 Å². The van der Waals surface area contributed by atoms with Crippen molar-refractivity contribution in [3.63, 3.8) is 0 Å². The molecule has 138 valence electrons. The number of likely N-dealkylation sites (N-methyl/N-ethyl adjacent to an activating group) is 1. The van der Waals surface area contributed by atoms with Crippen LogP contribution in [-0.4, -0.2) is 60.6 Å². The van der Waals surface area contributed by atoms with E-state index in [9.17, 15) is 4.79 Å². The Bertz CT molecular complexity index is 772. The zero-order valence-corrected chi connectivity index (χ0v) is 15.5. The van der Waals surface area contributed by atoms with Crippen LogP contribution in [0.1, 0.15) is 11.1 Å². The van der Waals surface area contributed by atoms with E-state index in [1.807, 2.05) is 32.0 Å². The van der Waals surface area contributed by atoms with Crippen molar-refractivity contribution in [2.24, 2.45) is 0 Å². The smallest absolute Gasteiger partial charge is 0.263 e. The molecule has 7 heteroatoms. The van der Waals surface area contributed by atoms with Crippen LogP contribution in [0, 0.1) is 13.8 Å². The van der Waals surface area contributed by atoms with Crippen LogP contribution in [0.5, 0.6) is 5.75 Å². The maximum absolute atomic E-state index is 12.2. The zero-order chi connectivity index (χ0) is 18.5. The molecule has 2 aromatic rings. The fourth-order valence-corrected chi connectivity index (χ4v) is 2.76. The lowest BCUT2D eigenvalue weighted by Crippen LogP contribution is -2.44. The number of nitrogens with one attached hydrogen (secondary N) is 1. The maximum Gasteiger partial charge on any atom is 0.263 e. The van der Waals surface area contributed by atoms with Crippen molar-refractivity contribution in [2.45, 2.75) is 13.8 Å². The second-order valence-corrected chi connectivity index (χ2v) is 6.63. The largest absolute Gasteiger partial charge is 0.484 e. The lowest BCUT2D eigenvalue weighted by molar-refractivity contribution is -0.118. The highest BCUT2D eigenvalue weighted by Crippen LogP contribution is 2.17. The van der Waals surface area contributed by atoms with Crippen LogP contribution in [0.25, 0.3) is 0 Å². The normalized spacial score (nSPS) is 15.0. The Morgan fingerprint density at radius 2 is 1.88 bits per heavy atom. The van der Waals surface area contributed by atoms with Crippen LogP contribution in [-0.2, 0) is 4.79 Å². The average molecular weight is 355 g/mol. The number of aromatic nitrogens is 2. The topological polar surface area (TPSA) is 70.6 Å². The molecule has 3 rings (SSSR count). The summed E-state index contributed by atoms with van der Waals surface area (Å²) in [6.07, 6.45) is 1.48. The van der Waals surface area contributed by atoms with Gasteiger partial charge in [-0.25, -0.2) is 9.97 Å². The fraction of sp³-hybridized carbons (Fsp3) is 0.421. The first kappa shape index (κ1) is 18.1. The minimum atomic E-state index is -0.244. The van der Waals surface area contributed by atoms with Crippen molar-refractivity contribution < 1.29 is 9.53 Å². The van der Waals surface area contributed by atoms with E-state index in [0.717, 1.165) is 37.6 Å². The van der Waals surface area contributed by atoms with Gasteiger partial charge in [-0.05, 0) is 44.2 Å². The van der Waals surface area contributed by atoms with Gasteiger partial charge in [-0.2, -0.15) is 0 Å². The monoisotopic (exact) mass is 355 g/mol. The zero-order valence-electron chi connectivity index (χ0n) is 15.5. The predicted octanol–water partition coefficient (Wildman–Crippen LogP) is 1.86. The van der Waals surface area contributed by atoms with E-state index in [4.69, 9.17) is 4.74 Å². The molecule has 0 saturated carbocycles. The van der Waals surface area contributed by atoms with Gasteiger partial charge in [0, 0.05) is 32.2 Å². The molecule has 0 bridgehead atoms. The summed E-state index contributed by atoms with van der Waals surface area (Å²) >= 11 is 0. The van der Waals surface area contributed by atoms with E-state index >= 15 is 0 Å². The number of nitrogens with zero attached hydrogens (tertiary/aromatic N) is 4. The second-order valence-electron chi connectivity index (χ2n) is 6.63. The molecule has 1 N–H and O–H groups in total. The van der Waals surface area contributed by atoms with Crippen LogP contribution < -0.4 is 15.0 Å². The van der Waals surface area contributed by atoms with Crippen molar-refractivity contribution >= 4 is 17.5 Å². The number of carbonyl (C=O) groups excluding carboxylic acids is 1. The minimum Gasteiger partial charge on any atom is -0.484 e. The summed E-state index contributed by atoms with van der Waals surface area (Å²) < 4.78 is 5.56. The number of piperazine rings is 1. The van der Waals surface area contributed by atoms with E-state index < -0.39 is 0 Å². The van der Waals surface area contributed by atoms with E-state index in [1.54, 1.807) is 6.07 Å². The lowest BCUT2D eigenvalue weighted by Gasteiger charge is -2.33. The standard InChI is InChI=1S/C19H25N5O2/c1-14-4-5-16(10-15(14)2)26-12-19(25)22-17-11-18(21-13-20-17)24-8-6-23(3)7-9-24/h4-5,10-11,13H,6-9,12H2,1-3H3,(H,20,21,22,25). The number of amides is 1. The number of rotatable bonds is 5. The van der Waals surface area contributed by atoms with Gasteiger partial charge < -0.3 is 19.9 Å². The van der Waals surface area contributed by atoms with Gasteiger partial charge >= 0.3 is 0 Å². The maximum atomic E-state index is 12.2. The first-order valence-electron chi connectivity index (χ1n) is 8.77. The molecule has 0 spiro atoms. The van der Waals surface area contributed by atoms with Gasteiger partial charge in [-0.1, -0.05) is 6.07 Å². The van der Waals surface area contributed by atoms with Gasteiger partial charge in [0.05, 0.1) is 0 Å². The Labute approximate surface area is 154 Å². The highest BCUT2D eigenvalue weighted by atomic mass is 16.5. The number of anilines is 2. The summed E-state index contributed by atoms with van der Waals surface area (Å²) in [5.41, 5.74) is 2.33. The molecule has 0 atom stereocenters. The molecular weight excluding hydrogens is 330 g/mol. The van der Waals surface area contributed by atoms with E-state index in [1.165, 1.54) is 11.9 Å². The summed E-state index contributed by atoms with van der Waals surface area (Å²) in [5.74, 6) is 1.76. The molecule has 1 aliphatic heterocycles. The third kappa shape index (κ3) is 4.70. The highest BCUT2D eigenvalue weighted by Gasteiger charge is 2.16. The molecule has 7 nitrogen and oxygen atoms in total. The summed E-state index contributed by atoms with van der Waals surface area (Å²) in [6.45, 7) is 7.82. The molecule has 1 aromatic heterocycles. The second kappa shape index (κ2) is 8.14. The predicted molar refractivity (Wildman–Crippen MR) is 102 cm³/mol. The molecule has 1 aromatic carbocycles. The Morgan fingerprint density at radius 1 is 1.12 bits per heavy atom. The number of hydrogen-bond donors (Lipinski definition) is 1. The van der Waals surface area contributed by atoms with Crippen LogP contribution >= 0.6 is 0 Å². The van der Waals surface area contributed by atoms with E-state index in [-0.39, 0.29) is 12.5 Å². The Balaban J connectivity index is 1.55. The molecular formula is C19H25N5O2. The first-order valence-corrected chi connectivity index (χ1v) is 8.77. The quantitative estimate of drug-likeness (QED) is 0.883. The van der Waals surface area contributed by atoms with Gasteiger partial charge in [0.25, 0.3) is 5.91 Å². The van der Waals surface area contributed by atoms with Crippen LogP contribution in [0.2, 0.25) is 0 Å². The van der Waals surface area contributed by atoms with Gasteiger partial charge in [-0.15, -0.1) is 0 Å². The first-order chi connectivity index (χ1) is 12.5. The van der Waals surface area contributed by atoms with Crippen LogP contribution in [0.15, 0.2) is 30.6 Å². The van der Waals surface area contributed by atoms with E-state index in [0.29, 0.717) is 11.6 Å². The third-order valence-electron chi connectivity index (χ3n) is 4.60. The number of carbonyl (C=O) groups is 1. The van der Waals surface area contributed by atoms with Gasteiger partial charge in [0.2, 0.25) is 0 Å². The summed E-state index contributed by atoms with van der Waals surface area (Å²) in [7, 11) is 2.11. The molecule has 26 heavy (non-hydrogen) atoms.